The molecule has 2 aromatic carbocycles. The third kappa shape index (κ3) is 6.48. The van der Waals surface area contributed by atoms with Gasteiger partial charge in [0.1, 0.15) is 5.75 Å². The number of methoxy groups -OCH3 is 2. The van der Waals surface area contributed by atoms with E-state index in [0.717, 1.165) is 41.9 Å². The molecular formula is C23H31NO4. The molecule has 1 unspecified atom stereocenters. The van der Waals surface area contributed by atoms with Crippen molar-refractivity contribution in [2.24, 2.45) is 0 Å². The van der Waals surface area contributed by atoms with Gasteiger partial charge in [-0.2, -0.15) is 0 Å². The first-order valence-electron chi connectivity index (χ1n) is 9.80. The van der Waals surface area contributed by atoms with E-state index in [1.807, 2.05) is 49.4 Å². The minimum atomic E-state index is -0.131. The van der Waals surface area contributed by atoms with E-state index >= 15 is 0 Å². The largest absolute Gasteiger partial charge is 0.497 e. The number of carbonyl (C=O) groups is 1. The summed E-state index contributed by atoms with van der Waals surface area (Å²) in [7, 11) is 3.25. The second-order valence-corrected chi connectivity index (χ2v) is 6.78. The van der Waals surface area contributed by atoms with Crippen molar-refractivity contribution in [3.8, 4) is 17.2 Å². The molecule has 0 saturated heterocycles. The van der Waals surface area contributed by atoms with Crippen LogP contribution in [0.3, 0.4) is 0 Å². The van der Waals surface area contributed by atoms with Crippen molar-refractivity contribution in [1.82, 2.24) is 5.32 Å². The summed E-state index contributed by atoms with van der Waals surface area (Å²) in [5.41, 5.74) is 1.92. The molecule has 2 aromatic rings. The number of ether oxygens (including phenoxy) is 3. The van der Waals surface area contributed by atoms with Gasteiger partial charge in [0, 0.05) is 0 Å². The molecular weight excluding hydrogens is 354 g/mol. The summed E-state index contributed by atoms with van der Waals surface area (Å²) in [5.74, 6) is 2.17. The molecule has 0 fully saturated rings. The molecule has 0 aliphatic carbocycles. The Morgan fingerprint density at radius 3 is 2.39 bits per heavy atom. The Bertz CT molecular complexity index is 743. The molecule has 28 heavy (non-hydrogen) atoms. The van der Waals surface area contributed by atoms with Crippen LogP contribution in [0.1, 0.15) is 50.3 Å². The maximum Gasteiger partial charge on any atom is 0.224 e. The molecule has 0 saturated carbocycles. The average Bonchev–Trinajstić information content (AvgIpc) is 2.71. The van der Waals surface area contributed by atoms with Crippen LogP contribution < -0.4 is 19.5 Å². The van der Waals surface area contributed by atoms with E-state index in [9.17, 15) is 4.79 Å². The van der Waals surface area contributed by atoms with Crippen LogP contribution in [0.4, 0.5) is 0 Å². The molecule has 1 amide bonds. The van der Waals surface area contributed by atoms with Gasteiger partial charge in [-0.05, 0) is 48.7 Å². The van der Waals surface area contributed by atoms with Gasteiger partial charge in [0.25, 0.3) is 0 Å². The van der Waals surface area contributed by atoms with Gasteiger partial charge < -0.3 is 19.5 Å². The average molecular weight is 386 g/mol. The maximum atomic E-state index is 12.4. The molecule has 2 rings (SSSR count). The van der Waals surface area contributed by atoms with Crippen LogP contribution in [0.5, 0.6) is 17.2 Å². The van der Waals surface area contributed by atoms with E-state index < -0.39 is 0 Å². The van der Waals surface area contributed by atoms with Crippen molar-refractivity contribution in [1.29, 1.82) is 0 Å². The zero-order valence-corrected chi connectivity index (χ0v) is 17.3. The molecule has 0 radical (unpaired) electrons. The monoisotopic (exact) mass is 385 g/mol. The third-order valence-electron chi connectivity index (χ3n) is 4.59. The lowest BCUT2D eigenvalue weighted by Crippen LogP contribution is -2.28. The van der Waals surface area contributed by atoms with Gasteiger partial charge in [0.2, 0.25) is 5.91 Å². The molecule has 1 N–H and O–H groups in total. The van der Waals surface area contributed by atoms with Crippen molar-refractivity contribution in [2.75, 3.05) is 20.8 Å². The van der Waals surface area contributed by atoms with E-state index in [1.54, 1.807) is 14.2 Å². The second-order valence-electron chi connectivity index (χ2n) is 6.78. The molecule has 152 valence electrons. The Balaban J connectivity index is 1.94. The van der Waals surface area contributed by atoms with E-state index in [4.69, 9.17) is 14.2 Å². The summed E-state index contributed by atoms with van der Waals surface area (Å²) in [6.07, 6.45) is 3.66. The molecule has 0 aliphatic rings. The fourth-order valence-electron chi connectivity index (χ4n) is 2.91. The van der Waals surface area contributed by atoms with Crippen molar-refractivity contribution in [3.63, 3.8) is 0 Å². The Morgan fingerprint density at radius 1 is 1.00 bits per heavy atom. The highest BCUT2D eigenvalue weighted by Crippen LogP contribution is 2.30. The number of carbonyl (C=O) groups excluding carboxylic acids is 1. The lowest BCUT2D eigenvalue weighted by atomic mass is 10.1. The van der Waals surface area contributed by atoms with Gasteiger partial charge in [-0.3, -0.25) is 4.79 Å². The summed E-state index contributed by atoms with van der Waals surface area (Å²) >= 11 is 0. The Hall–Kier alpha value is -2.69. The topological polar surface area (TPSA) is 56.8 Å². The van der Waals surface area contributed by atoms with Gasteiger partial charge in [0.15, 0.2) is 11.5 Å². The minimum Gasteiger partial charge on any atom is -0.497 e. The van der Waals surface area contributed by atoms with E-state index in [1.165, 1.54) is 0 Å². The predicted octanol–water partition coefficient (Wildman–Crippen LogP) is 4.69. The molecule has 0 spiro atoms. The van der Waals surface area contributed by atoms with Gasteiger partial charge in [-0.15, -0.1) is 0 Å². The van der Waals surface area contributed by atoms with Gasteiger partial charge in [-0.1, -0.05) is 38.0 Å². The molecule has 5 nitrogen and oxygen atoms in total. The fraction of sp³-hybridized carbons (Fsp3) is 0.435. The number of unbranched alkanes of at least 4 members (excludes halogenated alkanes) is 2. The third-order valence-corrected chi connectivity index (χ3v) is 4.59. The smallest absolute Gasteiger partial charge is 0.224 e. The number of rotatable bonds is 11. The summed E-state index contributed by atoms with van der Waals surface area (Å²) in [5, 5.41) is 3.04. The molecule has 0 aromatic heterocycles. The van der Waals surface area contributed by atoms with E-state index in [0.29, 0.717) is 18.8 Å². The second kappa shape index (κ2) is 11.2. The van der Waals surface area contributed by atoms with Gasteiger partial charge >= 0.3 is 0 Å². The number of benzene rings is 2. The molecule has 0 aliphatic heterocycles. The molecule has 0 heterocycles. The first-order valence-corrected chi connectivity index (χ1v) is 9.80. The van der Waals surface area contributed by atoms with Crippen LogP contribution in [0.15, 0.2) is 42.5 Å². The minimum absolute atomic E-state index is 0.0310. The van der Waals surface area contributed by atoms with Gasteiger partial charge in [-0.25, -0.2) is 0 Å². The lowest BCUT2D eigenvalue weighted by Gasteiger charge is -2.17. The van der Waals surface area contributed by atoms with E-state index in [2.05, 4.69) is 12.2 Å². The maximum absolute atomic E-state index is 12.4. The number of hydrogen-bond donors (Lipinski definition) is 1. The van der Waals surface area contributed by atoms with Crippen molar-refractivity contribution in [3.05, 3.63) is 53.6 Å². The highest BCUT2D eigenvalue weighted by Gasteiger charge is 2.13. The number of hydrogen-bond acceptors (Lipinski definition) is 4. The first-order chi connectivity index (χ1) is 13.6. The number of amides is 1. The fourth-order valence-corrected chi connectivity index (χ4v) is 2.91. The normalized spacial score (nSPS) is 11.6. The van der Waals surface area contributed by atoms with Crippen molar-refractivity contribution < 1.29 is 19.0 Å². The Labute approximate surface area is 168 Å². The summed E-state index contributed by atoms with van der Waals surface area (Å²) in [6.45, 7) is 4.81. The summed E-state index contributed by atoms with van der Waals surface area (Å²) in [4.78, 5) is 12.4. The van der Waals surface area contributed by atoms with Crippen molar-refractivity contribution in [2.45, 2.75) is 45.6 Å². The zero-order chi connectivity index (χ0) is 20.4. The van der Waals surface area contributed by atoms with E-state index in [-0.39, 0.29) is 11.9 Å². The van der Waals surface area contributed by atoms with Crippen molar-refractivity contribution >= 4 is 5.91 Å². The first kappa shape index (κ1) is 21.6. The van der Waals surface area contributed by atoms with Crippen LogP contribution in [0.2, 0.25) is 0 Å². The molecule has 0 bridgehead atoms. The predicted molar refractivity (Wildman–Crippen MR) is 111 cm³/mol. The summed E-state index contributed by atoms with van der Waals surface area (Å²) in [6, 6.07) is 13.2. The SMILES string of the molecule is CCCCCOc1ccc(C(C)NC(=O)Cc2ccc(OC)cc2)cc1OC. The Kier molecular flexibility index (Phi) is 8.66. The lowest BCUT2D eigenvalue weighted by molar-refractivity contribution is -0.121. The van der Waals surface area contributed by atoms with Crippen LogP contribution in [-0.2, 0) is 11.2 Å². The Morgan fingerprint density at radius 2 is 1.75 bits per heavy atom. The quantitative estimate of drug-likeness (QED) is 0.570. The molecule has 1 atom stereocenters. The zero-order valence-electron chi connectivity index (χ0n) is 17.3. The number of nitrogens with one attached hydrogen (secondary N) is 1. The highest BCUT2D eigenvalue weighted by atomic mass is 16.5. The standard InChI is InChI=1S/C23H31NO4/c1-5-6-7-14-28-21-13-10-19(16-22(21)27-4)17(2)24-23(25)15-18-8-11-20(26-3)12-9-18/h8-13,16-17H,5-7,14-15H2,1-4H3,(H,24,25). The van der Waals surface area contributed by atoms with Crippen LogP contribution in [0.25, 0.3) is 0 Å². The van der Waals surface area contributed by atoms with Crippen LogP contribution in [0, 0.1) is 0 Å². The summed E-state index contributed by atoms with van der Waals surface area (Å²) < 4.78 is 16.4. The van der Waals surface area contributed by atoms with Crippen LogP contribution in [-0.4, -0.2) is 26.7 Å². The van der Waals surface area contributed by atoms with Gasteiger partial charge in [0.05, 0.1) is 33.3 Å². The highest BCUT2D eigenvalue weighted by molar-refractivity contribution is 5.79. The van der Waals surface area contributed by atoms with Crippen LogP contribution >= 0.6 is 0 Å². The molecule has 5 heteroatoms.